The van der Waals surface area contributed by atoms with E-state index in [2.05, 4.69) is 16.6 Å². The Morgan fingerprint density at radius 3 is 2.44 bits per heavy atom. The van der Waals surface area contributed by atoms with Crippen LogP contribution in [0.4, 0.5) is 4.39 Å². The van der Waals surface area contributed by atoms with E-state index in [1.807, 2.05) is 0 Å². The van der Waals surface area contributed by atoms with E-state index in [1.165, 1.54) is 37.4 Å². The summed E-state index contributed by atoms with van der Waals surface area (Å²) in [5, 5.41) is 2.76. The fraction of sp³-hybridized carbons (Fsp3) is 0.160. The van der Waals surface area contributed by atoms with Gasteiger partial charge in [-0.25, -0.2) is 17.5 Å². The van der Waals surface area contributed by atoms with E-state index >= 15 is 0 Å². The molecule has 178 valence electrons. The van der Waals surface area contributed by atoms with Crippen molar-refractivity contribution in [1.82, 2.24) is 10.0 Å². The summed E-state index contributed by atoms with van der Waals surface area (Å²) in [6.07, 6.45) is 1.60. The van der Waals surface area contributed by atoms with Crippen molar-refractivity contribution in [1.29, 1.82) is 0 Å². The van der Waals surface area contributed by atoms with Gasteiger partial charge in [-0.05, 0) is 53.6 Å². The van der Waals surface area contributed by atoms with E-state index in [-0.39, 0.29) is 23.9 Å². The summed E-state index contributed by atoms with van der Waals surface area (Å²) in [6, 6.07) is 16.7. The molecule has 3 aromatic carbocycles. The van der Waals surface area contributed by atoms with Crippen LogP contribution in [0.5, 0.6) is 11.5 Å². The molecule has 0 aromatic heterocycles. The Bertz CT molecular complexity index is 1280. The van der Waals surface area contributed by atoms with Crippen molar-refractivity contribution >= 4 is 15.9 Å². The van der Waals surface area contributed by atoms with Gasteiger partial charge in [0.25, 0.3) is 5.91 Å². The maximum atomic E-state index is 13.3. The molecule has 1 amide bonds. The molecule has 3 rings (SSSR count). The van der Waals surface area contributed by atoms with Gasteiger partial charge in [-0.1, -0.05) is 36.9 Å². The molecule has 0 aliphatic carbocycles. The summed E-state index contributed by atoms with van der Waals surface area (Å²) >= 11 is 0. The van der Waals surface area contributed by atoms with Gasteiger partial charge in [-0.2, -0.15) is 0 Å². The SMILES string of the molecule is C=CCOc1ccc(C(=O)NCc2cccc(S(=O)(=O)NCc3cccc(F)c3)c2)cc1OC. The van der Waals surface area contributed by atoms with Crippen LogP contribution in [0.3, 0.4) is 0 Å². The Balaban J connectivity index is 1.64. The van der Waals surface area contributed by atoms with Crippen LogP contribution >= 0.6 is 0 Å². The minimum absolute atomic E-state index is 0.0426. The molecule has 0 heterocycles. The Kier molecular flexibility index (Phi) is 8.39. The number of hydrogen-bond donors (Lipinski definition) is 2. The van der Waals surface area contributed by atoms with E-state index < -0.39 is 15.8 Å². The van der Waals surface area contributed by atoms with E-state index in [1.54, 1.807) is 42.5 Å². The first-order chi connectivity index (χ1) is 16.3. The molecule has 0 atom stereocenters. The van der Waals surface area contributed by atoms with Crippen molar-refractivity contribution in [2.75, 3.05) is 13.7 Å². The van der Waals surface area contributed by atoms with Crippen LogP contribution in [0.15, 0.2) is 84.3 Å². The number of amides is 1. The number of benzene rings is 3. The molecule has 0 saturated carbocycles. The predicted octanol–water partition coefficient (Wildman–Crippen LogP) is 3.81. The van der Waals surface area contributed by atoms with Gasteiger partial charge >= 0.3 is 0 Å². The molecule has 0 bridgehead atoms. The molecule has 0 spiro atoms. The van der Waals surface area contributed by atoms with Crippen molar-refractivity contribution in [3.8, 4) is 11.5 Å². The number of hydrogen-bond acceptors (Lipinski definition) is 5. The number of carbonyl (C=O) groups excluding carboxylic acids is 1. The number of sulfonamides is 1. The first-order valence-electron chi connectivity index (χ1n) is 10.4. The monoisotopic (exact) mass is 484 g/mol. The highest BCUT2D eigenvalue weighted by Crippen LogP contribution is 2.28. The Hall–Kier alpha value is -3.69. The highest BCUT2D eigenvalue weighted by atomic mass is 32.2. The third kappa shape index (κ3) is 6.66. The molecule has 3 aromatic rings. The number of ether oxygens (including phenoxy) is 2. The van der Waals surface area contributed by atoms with Crippen molar-refractivity contribution < 1.29 is 27.1 Å². The average molecular weight is 485 g/mol. The highest BCUT2D eigenvalue weighted by Gasteiger charge is 2.15. The average Bonchev–Trinajstić information content (AvgIpc) is 2.85. The maximum Gasteiger partial charge on any atom is 0.251 e. The van der Waals surface area contributed by atoms with Gasteiger partial charge in [0, 0.05) is 18.7 Å². The van der Waals surface area contributed by atoms with Crippen molar-refractivity contribution in [2.24, 2.45) is 0 Å². The van der Waals surface area contributed by atoms with E-state index in [4.69, 9.17) is 9.47 Å². The van der Waals surface area contributed by atoms with Crippen LogP contribution in [-0.4, -0.2) is 28.0 Å². The summed E-state index contributed by atoms with van der Waals surface area (Å²) in [5.41, 5.74) is 1.46. The van der Waals surface area contributed by atoms with Crippen LogP contribution in [0.25, 0.3) is 0 Å². The quantitative estimate of drug-likeness (QED) is 0.404. The highest BCUT2D eigenvalue weighted by molar-refractivity contribution is 7.89. The van der Waals surface area contributed by atoms with Gasteiger partial charge in [0.1, 0.15) is 12.4 Å². The lowest BCUT2D eigenvalue weighted by atomic mass is 10.1. The maximum absolute atomic E-state index is 13.3. The molecule has 0 radical (unpaired) electrons. The molecule has 2 N–H and O–H groups in total. The largest absolute Gasteiger partial charge is 0.493 e. The van der Waals surface area contributed by atoms with Crippen LogP contribution in [0.2, 0.25) is 0 Å². The van der Waals surface area contributed by atoms with Crippen LogP contribution in [0.1, 0.15) is 21.5 Å². The summed E-state index contributed by atoms with van der Waals surface area (Å²) < 4.78 is 51.8. The fourth-order valence-corrected chi connectivity index (χ4v) is 4.18. The van der Waals surface area contributed by atoms with Crippen molar-refractivity contribution in [3.63, 3.8) is 0 Å². The minimum Gasteiger partial charge on any atom is -0.493 e. The summed E-state index contributed by atoms with van der Waals surface area (Å²) in [4.78, 5) is 12.6. The van der Waals surface area contributed by atoms with Gasteiger partial charge in [-0.15, -0.1) is 0 Å². The summed E-state index contributed by atoms with van der Waals surface area (Å²) in [6.45, 7) is 3.97. The summed E-state index contributed by atoms with van der Waals surface area (Å²) in [7, 11) is -2.35. The van der Waals surface area contributed by atoms with Crippen LogP contribution in [-0.2, 0) is 23.1 Å². The first kappa shape index (κ1) is 24.9. The van der Waals surface area contributed by atoms with Crippen LogP contribution < -0.4 is 19.5 Å². The Morgan fingerprint density at radius 1 is 1.00 bits per heavy atom. The molecule has 0 aliphatic heterocycles. The predicted molar refractivity (Wildman–Crippen MR) is 127 cm³/mol. The van der Waals surface area contributed by atoms with E-state index in [0.717, 1.165) is 0 Å². The number of rotatable bonds is 11. The minimum atomic E-state index is -3.83. The lowest BCUT2D eigenvalue weighted by Gasteiger charge is -2.12. The zero-order valence-corrected chi connectivity index (χ0v) is 19.4. The number of methoxy groups -OCH3 is 1. The number of halogens is 1. The Morgan fingerprint density at radius 2 is 1.74 bits per heavy atom. The molecule has 0 aliphatic rings. The smallest absolute Gasteiger partial charge is 0.251 e. The second kappa shape index (κ2) is 11.4. The van der Waals surface area contributed by atoms with E-state index in [0.29, 0.717) is 34.8 Å². The second-order valence-electron chi connectivity index (χ2n) is 7.25. The topological polar surface area (TPSA) is 93.7 Å². The van der Waals surface area contributed by atoms with Crippen molar-refractivity contribution in [3.05, 3.63) is 102 Å². The molecule has 0 fully saturated rings. The lowest BCUT2D eigenvalue weighted by molar-refractivity contribution is 0.0950. The van der Waals surface area contributed by atoms with Gasteiger partial charge in [-0.3, -0.25) is 4.79 Å². The summed E-state index contributed by atoms with van der Waals surface area (Å²) in [5.74, 6) is 0.103. The van der Waals surface area contributed by atoms with Gasteiger partial charge < -0.3 is 14.8 Å². The van der Waals surface area contributed by atoms with Gasteiger partial charge in [0.05, 0.1) is 12.0 Å². The molecule has 9 heteroatoms. The standard InChI is InChI=1S/C25H25FN2O5S/c1-3-12-33-23-11-10-20(15-24(23)32-2)25(29)27-16-19-7-5-9-22(14-19)34(30,31)28-17-18-6-4-8-21(26)13-18/h3-11,13-15,28H,1,12,16-17H2,2H3,(H,27,29). The van der Waals surface area contributed by atoms with Crippen LogP contribution in [0, 0.1) is 5.82 Å². The van der Waals surface area contributed by atoms with Crippen molar-refractivity contribution in [2.45, 2.75) is 18.0 Å². The van der Waals surface area contributed by atoms with E-state index in [9.17, 15) is 17.6 Å². The molecular weight excluding hydrogens is 459 g/mol. The zero-order valence-electron chi connectivity index (χ0n) is 18.6. The fourth-order valence-electron chi connectivity index (χ4n) is 3.09. The molecule has 7 nitrogen and oxygen atoms in total. The van der Waals surface area contributed by atoms with Gasteiger partial charge in [0.2, 0.25) is 10.0 Å². The zero-order chi connectivity index (χ0) is 24.6. The second-order valence-corrected chi connectivity index (χ2v) is 9.02. The first-order valence-corrected chi connectivity index (χ1v) is 11.8. The third-order valence-electron chi connectivity index (χ3n) is 4.80. The Labute approximate surface area is 198 Å². The normalized spacial score (nSPS) is 11.0. The molecule has 0 unspecified atom stereocenters. The molecular formula is C25H25FN2O5S. The van der Waals surface area contributed by atoms with Gasteiger partial charge in [0.15, 0.2) is 11.5 Å². The molecule has 34 heavy (non-hydrogen) atoms. The molecule has 0 saturated heterocycles. The third-order valence-corrected chi connectivity index (χ3v) is 6.20. The lowest BCUT2D eigenvalue weighted by Crippen LogP contribution is -2.25. The number of carbonyl (C=O) groups is 1. The number of nitrogens with one attached hydrogen (secondary N) is 2.